The van der Waals surface area contributed by atoms with Gasteiger partial charge in [-0.15, -0.1) is 0 Å². The first-order valence-corrected chi connectivity index (χ1v) is 10.2. The largest absolute Gasteiger partial charge is 0.399 e. The van der Waals surface area contributed by atoms with Gasteiger partial charge in [0, 0.05) is 21.3 Å². The molecular formula is C24H19BrN4O. The van der Waals surface area contributed by atoms with Gasteiger partial charge in [-0.05, 0) is 29.8 Å². The molecule has 148 valence electrons. The van der Waals surface area contributed by atoms with E-state index in [-0.39, 0.29) is 12.3 Å². The number of halogens is 1. The third-order valence-electron chi connectivity index (χ3n) is 4.56. The number of aromatic nitrogens is 2. The molecule has 0 saturated heterocycles. The summed E-state index contributed by atoms with van der Waals surface area (Å²) in [6, 6.07) is 24.8. The van der Waals surface area contributed by atoms with Crippen LogP contribution in [0.3, 0.4) is 0 Å². The van der Waals surface area contributed by atoms with Crippen LogP contribution in [0.2, 0.25) is 0 Å². The Morgan fingerprint density at radius 3 is 2.30 bits per heavy atom. The molecule has 0 spiro atoms. The van der Waals surface area contributed by atoms with E-state index in [4.69, 9.17) is 10.7 Å². The second kappa shape index (κ2) is 8.88. The van der Waals surface area contributed by atoms with E-state index in [2.05, 4.69) is 26.2 Å². The van der Waals surface area contributed by atoms with Crippen LogP contribution >= 0.6 is 15.9 Å². The van der Waals surface area contributed by atoms with E-state index in [1.54, 1.807) is 6.20 Å². The minimum absolute atomic E-state index is 0.149. The minimum Gasteiger partial charge on any atom is -0.399 e. The van der Waals surface area contributed by atoms with Crippen molar-refractivity contribution in [1.29, 1.82) is 0 Å². The molecule has 30 heavy (non-hydrogen) atoms. The molecule has 3 N–H and O–H groups in total. The summed E-state index contributed by atoms with van der Waals surface area (Å²) in [5.74, 6) is 0.284. The zero-order valence-corrected chi connectivity index (χ0v) is 17.6. The molecule has 4 aromatic rings. The van der Waals surface area contributed by atoms with Gasteiger partial charge in [-0.2, -0.15) is 0 Å². The van der Waals surface area contributed by atoms with E-state index in [0.717, 1.165) is 21.2 Å². The average Bonchev–Trinajstić information content (AvgIpc) is 2.77. The third kappa shape index (κ3) is 4.72. The molecule has 0 saturated carbocycles. The summed E-state index contributed by atoms with van der Waals surface area (Å²) < 4.78 is 0.974. The van der Waals surface area contributed by atoms with Crippen LogP contribution < -0.4 is 11.1 Å². The topological polar surface area (TPSA) is 80.9 Å². The summed E-state index contributed by atoms with van der Waals surface area (Å²) in [7, 11) is 0. The number of anilines is 2. The number of hydrogen-bond acceptors (Lipinski definition) is 4. The minimum atomic E-state index is -0.149. The molecule has 0 fully saturated rings. The van der Waals surface area contributed by atoms with Crippen molar-refractivity contribution in [1.82, 2.24) is 9.97 Å². The van der Waals surface area contributed by atoms with Crippen LogP contribution in [0, 0.1) is 0 Å². The van der Waals surface area contributed by atoms with Crippen molar-refractivity contribution in [3.05, 3.63) is 95.1 Å². The summed E-state index contributed by atoms with van der Waals surface area (Å²) in [6.45, 7) is 0. The number of rotatable bonds is 5. The van der Waals surface area contributed by atoms with Crippen molar-refractivity contribution >= 4 is 33.3 Å². The molecule has 4 rings (SSSR count). The predicted octanol–water partition coefficient (Wildman–Crippen LogP) is 5.34. The van der Waals surface area contributed by atoms with Crippen LogP contribution in [-0.4, -0.2) is 15.9 Å². The lowest BCUT2D eigenvalue weighted by Gasteiger charge is -2.12. The number of nitrogen functional groups attached to an aromatic ring is 1. The molecule has 0 aliphatic heterocycles. The van der Waals surface area contributed by atoms with Gasteiger partial charge in [-0.25, -0.2) is 9.97 Å². The highest BCUT2D eigenvalue weighted by atomic mass is 79.9. The smallest absolute Gasteiger partial charge is 0.230 e. The summed E-state index contributed by atoms with van der Waals surface area (Å²) in [4.78, 5) is 21.9. The van der Waals surface area contributed by atoms with Crippen LogP contribution in [0.1, 0.15) is 5.56 Å². The van der Waals surface area contributed by atoms with Gasteiger partial charge in [0.15, 0.2) is 5.82 Å². The standard InChI is InChI=1S/C24H19BrN4O/c25-19-10-6-16(7-11-19)14-22(30)29-24-23(18-4-2-1-3-5-18)28-21(15-27-24)17-8-12-20(26)13-9-17/h1-13,15H,14,26H2,(H,27,29,30). The summed E-state index contributed by atoms with van der Waals surface area (Å²) >= 11 is 3.40. The summed E-state index contributed by atoms with van der Waals surface area (Å²) in [6.07, 6.45) is 1.91. The van der Waals surface area contributed by atoms with Crippen LogP contribution in [0.5, 0.6) is 0 Å². The Balaban J connectivity index is 1.65. The van der Waals surface area contributed by atoms with Crippen molar-refractivity contribution < 1.29 is 4.79 Å². The SMILES string of the molecule is Nc1ccc(-c2cnc(NC(=O)Cc3ccc(Br)cc3)c(-c3ccccc3)n2)cc1. The molecule has 0 radical (unpaired) electrons. The second-order valence-electron chi connectivity index (χ2n) is 6.79. The zero-order chi connectivity index (χ0) is 20.9. The molecule has 1 heterocycles. The van der Waals surface area contributed by atoms with Gasteiger partial charge in [-0.3, -0.25) is 4.79 Å². The number of amides is 1. The first-order valence-electron chi connectivity index (χ1n) is 9.41. The molecule has 1 amide bonds. The highest BCUT2D eigenvalue weighted by Gasteiger charge is 2.14. The number of nitrogens with zero attached hydrogens (tertiary/aromatic N) is 2. The van der Waals surface area contributed by atoms with Crippen molar-refractivity contribution in [3.8, 4) is 22.5 Å². The molecule has 0 aliphatic carbocycles. The number of nitrogens with one attached hydrogen (secondary N) is 1. The summed E-state index contributed by atoms with van der Waals surface area (Å²) in [5, 5.41) is 2.92. The van der Waals surface area contributed by atoms with E-state index in [9.17, 15) is 4.79 Å². The van der Waals surface area contributed by atoms with E-state index < -0.39 is 0 Å². The van der Waals surface area contributed by atoms with Gasteiger partial charge in [0.2, 0.25) is 5.91 Å². The normalized spacial score (nSPS) is 10.6. The zero-order valence-electron chi connectivity index (χ0n) is 16.0. The van der Waals surface area contributed by atoms with Crippen LogP contribution in [-0.2, 0) is 11.2 Å². The number of carbonyl (C=O) groups is 1. The highest BCUT2D eigenvalue weighted by molar-refractivity contribution is 9.10. The first-order chi connectivity index (χ1) is 14.6. The van der Waals surface area contributed by atoms with Crippen LogP contribution in [0.15, 0.2) is 89.5 Å². The molecule has 0 atom stereocenters. The Bertz CT molecular complexity index is 1160. The maximum atomic E-state index is 12.6. The van der Waals surface area contributed by atoms with Crippen molar-refractivity contribution in [2.24, 2.45) is 0 Å². The quantitative estimate of drug-likeness (QED) is 0.395. The van der Waals surface area contributed by atoms with Crippen LogP contribution in [0.25, 0.3) is 22.5 Å². The molecule has 3 aromatic carbocycles. The Hall–Kier alpha value is -3.51. The molecule has 0 aliphatic rings. The Morgan fingerprint density at radius 1 is 0.900 bits per heavy atom. The summed E-state index contributed by atoms with van der Waals surface area (Å²) in [5.41, 5.74) is 10.5. The lowest BCUT2D eigenvalue weighted by molar-refractivity contribution is -0.115. The lowest BCUT2D eigenvalue weighted by Crippen LogP contribution is -2.16. The fourth-order valence-corrected chi connectivity index (χ4v) is 3.30. The Labute approximate surface area is 183 Å². The third-order valence-corrected chi connectivity index (χ3v) is 5.09. The average molecular weight is 459 g/mol. The second-order valence-corrected chi connectivity index (χ2v) is 7.71. The lowest BCUT2D eigenvalue weighted by atomic mass is 10.1. The van der Waals surface area contributed by atoms with Gasteiger partial charge in [0.05, 0.1) is 18.3 Å². The monoisotopic (exact) mass is 458 g/mol. The fourth-order valence-electron chi connectivity index (χ4n) is 3.03. The Morgan fingerprint density at radius 2 is 1.60 bits per heavy atom. The predicted molar refractivity (Wildman–Crippen MR) is 124 cm³/mol. The number of benzene rings is 3. The van der Waals surface area contributed by atoms with Gasteiger partial charge in [0.25, 0.3) is 0 Å². The van der Waals surface area contributed by atoms with Gasteiger partial charge >= 0.3 is 0 Å². The van der Waals surface area contributed by atoms with E-state index in [1.165, 1.54) is 0 Å². The number of carbonyl (C=O) groups excluding carboxylic acids is 1. The number of hydrogen-bond donors (Lipinski definition) is 2. The highest BCUT2D eigenvalue weighted by Crippen LogP contribution is 2.28. The molecule has 5 nitrogen and oxygen atoms in total. The van der Waals surface area contributed by atoms with Crippen molar-refractivity contribution in [2.75, 3.05) is 11.1 Å². The Kier molecular flexibility index (Phi) is 5.86. The van der Waals surface area contributed by atoms with E-state index >= 15 is 0 Å². The number of nitrogens with two attached hydrogens (primary N) is 1. The van der Waals surface area contributed by atoms with Gasteiger partial charge in [-0.1, -0.05) is 70.5 Å². The maximum Gasteiger partial charge on any atom is 0.230 e. The van der Waals surface area contributed by atoms with Crippen molar-refractivity contribution in [3.63, 3.8) is 0 Å². The molecule has 6 heteroatoms. The molecule has 0 unspecified atom stereocenters. The van der Waals surface area contributed by atoms with Gasteiger partial charge in [0.1, 0.15) is 5.69 Å². The van der Waals surface area contributed by atoms with Gasteiger partial charge < -0.3 is 11.1 Å². The first kappa shape index (κ1) is 19.8. The van der Waals surface area contributed by atoms with E-state index in [0.29, 0.717) is 22.9 Å². The maximum absolute atomic E-state index is 12.6. The molecular weight excluding hydrogens is 440 g/mol. The van der Waals surface area contributed by atoms with Crippen molar-refractivity contribution in [2.45, 2.75) is 6.42 Å². The van der Waals surface area contributed by atoms with E-state index in [1.807, 2.05) is 78.9 Å². The van der Waals surface area contributed by atoms with Crippen LogP contribution in [0.4, 0.5) is 11.5 Å². The molecule has 1 aromatic heterocycles. The molecule has 0 bridgehead atoms. The fraction of sp³-hybridized carbons (Fsp3) is 0.0417.